The highest BCUT2D eigenvalue weighted by Crippen LogP contribution is 2.23. The molecule has 0 unspecified atom stereocenters. The smallest absolute Gasteiger partial charge is 0.123 e. The normalized spacial score (nSPS) is 10.4. The molecule has 2 rings (SSSR count). The minimum absolute atomic E-state index is 0.227. The van der Waals surface area contributed by atoms with Gasteiger partial charge in [0.2, 0.25) is 0 Å². The Morgan fingerprint density at radius 1 is 1.22 bits per heavy atom. The van der Waals surface area contributed by atoms with Crippen LogP contribution in [0.2, 0.25) is 5.02 Å². The molecule has 0 spiro atoms. The van der Waals surface area contributed by atoms with Gasteiger partial charge in [-0.25, -0.2) is 4.39 Å². The number of benzene rings is 2. The second-order valence-electron chi connectivity index (χ2n) is 4.04. The second kappa shape index (κ2) is 5.27. The monoisotopic (exact) mass is 265 g/mol. The van der Waals surface area contributed by atoms with Crippen LogP contribution in [-0.2, 0) is 6.61 Å². The third-order valence-corrected chi connectivity index (χ3v) is 3.05. The van der Waals surface area contributed by atoms with E-state index in [-0.39, 0.29) is 12.4 Å². The molecule has 0 bridgehead atoms. The standard InChI is InChI=1S/C14H13ClFNO/c1-9-6-12(3-4-13(9)15)18-8-10-7-11(16)2-5-14(10)17/h2-7H,8,17H2,1H3. The van der Waals surface area contributed by atoms with Gasteiger partial charge in [0, 0.05) is 16.3 Å². The Labute approximate surface area is 110 Å². The lowest BCUT2D eigenvalue weighted by molar-refractivity contribution is 0.306. The van der Waals surface area contributed by atoms with Crippen molar-refractivity contribution in [3.8, 4) is 5.75 Å². The van der Waals surface area contributed by atoms with Crippen molar-refractivity contribution in [1.82, 2.24) is 0 Å². The molecule has 0 saturated carbocycles. The molecule has 18 heavy (non-hydrogen) atoms. The number of ether oxygens (including phenoxy) is 1. The summed E-state index contributed by atoms with van der Waals surface area (Å²) < 4.78 is 18.6. The molecule has 0 radical (unpaired) electrons. The van der Waals surface area contributed by atoms with Gasteiger partial charge in [-0.05, 0) is 48.9 Å². The first-order chi connectivity index (χ1) is 8.56. The molecule has 0 saturated heterocycles. The molecule has 4 heteroatoms. The van der Waals surface area contributed by atoms with Crippen molar-refractivity contribution in [2.75, 3.05) is 5.73 Å². The van der Waals surface area contributed by atoms with Crippen LogP contribution in [0, 0.1) is 12.7 Å². The highest BCUT2D eigenvalue weighted by atomic mass is 35.5. The maximum Gasteiger partial charge on any atom is 0.123 e. The Morgan fingerprint density at radius 3 is 2.72 bits per heavy atom. The molecular weight excluding hydrogens is 253 g/mol. The summed E-state index contributed by atoms with van der Waals surface area (Å²) >= 11 is 5.92. The van der Waals surface area contributed by atoms with Gasteiger partial charge >= 0.3 is 0 Å². The fraction of sp³-hybridized carbons (Fsp3) is 0.143. The van der Waals surface area contributed by atoms with Crippen molar-refractivity contribution >= 4 is 17.3 Å². The van der Waals surface area contributed by atoms with Crippen LogP contribution in [0.4, 0.5) is 10.1 Å². The largest absolute Gasteiger partial charge is 0.489 e. The Bertz CT molecular complexity index is 572. The molecule has 0 aliphatic heterocycles. The number of halogens is 2. The third kappa shape index (κ3) is 2.93. The van der Waals surface area contributed by atoms with Crippen LogP contribution in [0.3, 0.4) is 0 Å². The molecule has 0 aliphatic carbocycles. The topological polar surface area (TPSA) is 35.2 Å². The zero-order chi connectivity index (χ0) is 13.1. The van der Waals surface area contributed by atoms with Crippen molar-refractivity contribution in [1.29, 1.82) is 0 Å². The van der Waals surface area contributed by atoms with Gasteiger partial charge < -0.3 is 10.5 Å². The van der Waals surface area contributed by atoms with Crippen LogP contribution in [0.1, 0.15) is 11.1 Å². The summed E-state index contributed by atoms with van der Waals surface area (Å²) in [4.78, 5) is 0. The van der Waals surface area contributed by atoms with Crippen LogP contribution in [0.25, 0.3) is 0 Å². The third-order valence-electron chi connectivity index (χ3n) is 2.63. The van der Waals surface area contributed by atoms with Gasteiger partial charge in [0.25, 0.3) is 0 Å². The molecule has 94 valence electrons. The van der Waals surface area contributed by atoms with E-state index in [4.69, 9.17) is 22.1 Å². The van der Waals surface area contributed by atoms with E-state index < -0.39 is 0 Å². The van der Waals surface area contributed by atoms with E-state index in [0.717, 1.165) is 5.56 Å². The summed E-state index contributed by atoms with van der Waals surface area (Å²) in [6, 6.07) is 9.59. The van der Waals surface area contributed by atoms with Crippen molar-refractivity contribution in [2.45, 2.75) is 13.5 Å². The minimum Gasteiger partial charge on any atom is -0.489 e. The lowest BCUT2D eigenvalue weighted by Crippen LogP contribution is -2.01. The first-order valence-corrected chi connectivity index (χ1v) is 5.87. The number of nitrogens with two attached hydrogens (primary N) is 1. The van der Waals surface area contributed by atoms with Crippen LogP contribution in [-0.4, -0.2) is 0 Å². The van der Waals surface area contributed by atoms with Crippen LogP contribution in [0.5, 0.6) is 5.75 Å². The van der Waals surface area contributed by atoms with Gasteiger partial charge in [0.05, 0.1) is 0 Å². The lowest BCUT2D eigenvalue weighted by atomic mass is 10.2. The van der Waals surface area contributed by atoms with Crippen molar-refractivity contribution in [2.24, 2.45) is 0 Å². The summed E-state index contributed by atoms with van der Waals surface area (Å²) in [5.41, 5.74) is 7.81. The van der Waals surface area contributed by atoms with E-state index in [9.17, 15) is 4.39 Å². The Morgan fingerprint density at radius 2 is 2.00 bits per heavy atom. The Hall–Kier alpha value is -1.74. The summed E-state index contributed by atoms with van der Waals surface area (Å²) in [6.07, 6.45) is 0. The van der Waals surface area contributed by atoms with E-state index in [2.05, 4.69) is 0 Å². The first-order valence-electron chi connectivity index (χ1n) is 5.49. The predicted molar refractivity (Wildman–Crippen MR) is 71.3 cm³/mol. The van der Waals surface area contributed by atoms with Crippen LogP contribution in [0.15, 0.2) is 36.4 Å². The average molecular weight is 266 g/mol. The quantitative estimate of drug-likeness (QED) is 0.853. The SMILES string of the molecule is Cc1cc(OCc2cc(F)ccc2N)ccc1Cl. The molecule has 0 fully saturated rings. The van der Waals surface area contributed by atoms with E-state index in [1.54, 1.807) is 12.1 Å². The van der Waals surface area contributed by atoms with Gasteiger partial charge in [0.1, 0.15) is 18.2 Å². The van der Waals surface area contributed by atoms with E-state index in [0.29, 0.717) is 22.0 Å². The number of hydrogen-bond donors (Lipinski definition) is 1. The fourth-order valence-corrected chi connectivity index (χ4v) is 1.68. The zero-order valence-electron chi connectivity index (χ0n) is 9.91. The highest BCUT2D eigenvalue weighted by molar-refractivity contribution is 6.31. The molecule has 0 aromatic heterocycles. The Kier molecular flexibility index (Phi) is 3.72. The number of hydrogen-bond acceptors (Lipinski definition) is 2. The first kappa shape index (κ1) is 12.7. The van der Waals surface area contributed by atoms with E-state index >= 15 is 0 Å². The molecule has 0 heterocycles. The van der Waals surface area contributed by atoms with E-state index in [1.807, 2.05) is 13.0 Å². The van der Waals surface area contributed by atoms with Gasteiger partial charge in [-0.15, -0.1) is 0 Å². The molecule has 0 atom stereocenters. The molecule has 2 aromatic carbocycles. The summed E-state index contributed by atoms with van der Waals surface area (Å²) in [7, 11) is 0. The average Bonchev–Trinajstić information content (AvgIpc) is 2.34. The maximum absolute atomic E-state index is 13.1. The molecule has 0 aliphatic rings. The van der Waals surface area contributed by atoms with Crippen molar-refractivity contribution in [3.05, 3.63) is 58.4 Å². The molecule has 2 nitrogen and oxygen atoms in total. The lowest BCUT2D eigenvalue weighted by Gasteiger charge is -2.09. The number of nitrogen functional groups attached to an aromatic ring is 1. The van der Waals surface area contributed by atoms with E-state index in [1.165, 1.54) is 18.2 Å². The zero-order valence-corrected chi connectivity index (χ0v) is 10.7. The highest BCUT2D eigenvalue weighted by Gasteiger charge is 2.03. The van der Waals surface area contributed by atoms with Crippen LogP contribution < -0.4 is 10.5 Å². The maximum atomic E-state index is 13.1. The summed E-state index contributed by atoms with van der Waals surface area (Å²) in [5.74, 6) is 0.357. The minimum atomic E-state index is -0.324. The summed E-state index contributed by atoms with van der Waals surface area (Å²) in [5, 5.41) is 0.688. The molecule has 2 aromatic rings. The number of rotatable bonds is 3. The number of anilines is 1. The number of aryl methyl sites for hydroxylation is 1. The molecule has 0 amide bonds. The molecule has 2 N–H and O–H groups in total. The Balaban J connectivity index is 2.11. The predicted octanol–water partition coefficient (Wildman–Crippen LogP) is 3.95. The summed E-state index contributed by atoms with van der Waals surface area (Å²) in [6.45, 7) is 2.12. The van der Waals surface area contributed by atoms with Gasteiger partial charge in [-0.3, -0.25) is 0 Å². The van der Waals surface area contributed by atoms with Gasteiger partial charge in [-0.2, -0.15) is 0 Å². The van der Waals surface area contributed by atoms with Crippen molar-refractivity contribution < 1.29 is 9.13 Å². The second-order valence-corrected chi connectivity index (χ2v) is 4.45. The van der Waals surface area contributed by atoms with Gasteiger partial charge in [0.15, 0.2) is 0 Å². The van der Waals surface area contributed by atoms with Crippen LogP contribution >= 0.6 is 11.6 Å². The van der Waals surface area contributed by atoms with Crippen molar-refractivity contribution in [3.63, 3.8) is 0 Å². The molecular formula is C14H13ClFNO. The van der Waals surface area contributed by atoms with Gasteiger partial charge in [-0.1, -0.05) is 11.6 Å². The fourth-order valence-electron chi connectivity index (χ4n) is 1.57.